The van der Waals surface area contributed by atoms with Crippen molar-refractivity contribution in [2.75, 3.05) is 18.9 Å². The van der Waals surface area contributed by atoms with Crippen molar-refractivity contribution in [2.45, 2.75) is 25.3 Å². The highest BCUT2D eigenvalue weighted by Gasteiger charge is 2.27. The number of amides is 1. The van der Waals surface area contributed by atoms with Crippen LogP contribution in [0.2, 0.25) is 10.0 Å². The Morgan fingerprint density at radius 2 is 2.16 bits per heavy atom. The third-order valence-corrected chi connectivity index (χ3v) is 4.22. The minimum absolute atomic E-state index is 0.0253. The summed E-state index contributed by atoms with van der Waals surface area (Å²) in [6.07, 6.45) is 2.79. The molecule has 1 amide bonds. The van der Waals surface area contributed by atoms with Crippen molar-refractivity contribution in [3.63, 3.8) is 0 Å². The Bertz CT molecular complexity index is 471. The minimum atomic E-state index is -0.163. The van der Waals surface area contributed by atoms with Crippen LogP contribution in [-0.2, 0) is 0 Å². The average Bonchev–Trinajstić information content (AvgIpc) is 2.43. The van der Waals surface area contributed by atoms with E-state index in [9.17, 15) is 9.90 Å². The van der Waals surface area contributed by atoms with Crippen LogP contribution in [0.25, 0.3) is 0 Å². The highest BCUT2D eigenvalue weighted by Crippen LogP contribution is 2.30. The van der Waals surface area contributed by atoms with E-state index in [0.29, 0.717) is 12.1 Å². The normalized spacial score (nSPS) is 19.5. The summed E-state index contributed by atoms with van der Waals surface area (Å²) in [6.45, 7) is 0.618. The first-order chi connectivity index (χ1) is 9.04. The van der Waals surface area contributed by atoms with E-state index in [1.54, 1.807) is 4.90 Å². The van der Waals surface area contributed by atoms with E-state index in [-0.39, 0.29) is 34.3 Å². The number of nitrogen functional groups attached to an aromatic ring is 1. The molecular weight excluding hydrogens is 287 g/mol. The zero-order chi connectivity index (χ0) is 14.0. The van der Waals surface area contributed by atoms with Gasteiger partial charge in [0.15, 0.2) is 0 Å². The van der Waals surface area contributed by atoms with Gasteiger partial charge in [-0.3, -0.25) is 4.79 Å². The summed E-state index contributed by atoms with van der Waals surface area (Å²) in [4.78, 5) is 14.1. The van der Waals surface area contributed by atoms with Crippen molar-refractivity contribution in [3.8, 4) is 0 Å². The Labute approximate surface area is 122 Å². The number of anilines is 1. The molecule has 0 aliphatic carbocycles. The van der Waals surface area contributed by atoms with Crippen LogP contribution in [0.5, 0.6) is 0 Å². The summed E-state index contributed by atoms with van der Waals surface area (Å²) < 4.78 is 0. The highest BCUT2D eigenvalue weighted by atomic mass is 35.5. The fourth-order valence-corrected chi connectivity index (χ4v) is 2.69. The number of hydrogen-bond donors (Lipinski definition) is 2. The van der Waals surface area contributed by atoms with Gasteiger partial charge in [0.25, 0.3) is 5.91 Å². The Morgan fingerprint density at radius 3 is 2.79 bits per heavy atom. The van der Waals surface area contributed by atoms with Crippen LogP contribution in [0.15, 0.2) is 12.1 Å². The molecule has 0 saturated carbocycles. The number of carbonyl (C=O) groups excluding carboxylic acids is 1. The van der Waals surface area contributed by atoms with Crippen LogP contribution in [0.4, 0.5) is 5.69 Å². The average molecular weight is 303 g/mol. The van der Waals surface area contributed by atoms with E-state index in [0.717, 1.165) is 19.3 Å². The summed E-state index contributed by atoms with van der Waals surface area (Å²) >= 11 is 11.8. The van der Waals surface area contributed by atoms with Crippen molar-refractivity contribution in [3.05, 3.63) is 27.7 Å². The fourth-order valence-electron chi connectivity index (χ4n) is 2.36. The standard InChI is InChI=1S/C13H16Cl2N2O2/c14-10-5-8(6-11(16)12(10)15)13(19)17-4-2-1-3-9(17)7-18/h5-6,9,18H,1-4,7,16H2. The molecule has 1 aliphatic heterocycles. The quantitative estimate of drug-likeness (QED) is 0.825. The van der Waals surface area contributed by atoms with Gasteiger partial charge >= 0.3 is 0 Å². The van der Waals surface area contributed by atoms with Gasteiger partial charge in [-0.05, 0) is 31.4 Å². The molecule has 3 N–H and O–H groups in total. The number of likely N-dealkylation sites (tertiary alicyclic amines) is 1. The van der Waals surface area contributed by atoms with E-state index < -0.39 is 0 Å². The Hall–Kier alpha value is -0.970. The van der Waals surface area contributed by atoms with Gasteiger partial charge in [0, 0.05) is 12.1 Å². The smallest absolute Gasteiger partial charge is 0.254 e. The number of aliphatic hydroxyl groups excluding tert-OH is 1. The highest BCUT2D eigenvalue weighted by molar-refractivity contribution is 6.43. The number of nitrogens with two attached hydrogens (primary N) is 1. The van der Waals surface area contributed by atoms with Gasteiger partial charge in [-0.1, -0.05) is 23.2 Å². The molecule has 0 aromatic heterocycles. The van der Waals surface area contributed by atoms with Gasteiger partial charge in [-0.15, -0.1) is 0 Å². The first-order valence-electron chi connectivity index (χ1n) is 6.21. The molecule has 4 nitrogen and oxygen atoms in total. The molecule has 2 rings (SSSR count). The van der Waals surface area contributed by atoms with E-state index >= 15 is 0 Å². The van der Waals surface area contributed by atoms with Crippen LogP contribution in [0, 0.1) is 0 Å². The third-order valence-electron chi connectivity index (χ3n) is 3.40. The molecule has 0 bridgehead atoms. The predicted octanol–water partition coefficient (Wildman–Crippen LogP) is 2.56. The number of nitrogens with zero attached hydrogens (tertiary/aromatic N) is 1. The monoisotopic (exact) mass is 302 g/mol. The number of rotatable bonds is 2. The number of aliphatic hydroxyl groups is 1. The van der Waals surface area contributed by atoms with Crippen molar-refractivity contribution in [2.24, 2.45) is 0 Å². The third kappa shape index (κ3) is 2.96. The molecule has 19 heavy (non-hydrogen) atoms. The number of halogens is 2. The van der Waals surface area contributed by atoms with Crippen LogP contribution < -0.4 is 5.73 Å². The number of piperidine rings is 1. The molecule has 0 spiro atoms. The summed E-state index contributed by atoms with van der Waals surface area (Å²) in [5.74, 6) is -0.163. The van der Waals surface area contributed by atoms with E-state index in [2.05, 4.69) is 0 Å². The van der Waals surface area contributed by atoms with Crippen molar-refractivity contribution in [1.29, 1.82) is 0 Å². The van der Waals surface area contributed by atoms with Gasteiger partial charge in [-0.25, -0.2) is 0 Å². The van der Waals surface area contributed by atoms with Crippen molar-refractivity contribution >= 4 is 34.8 Å². The van der Waals surface area contributed by atoms with Crippen LogP contribution in [0.3, 0.4) is 0 Å². The van der Waals surface area contributed by atoms with Crippen LogP contribution in [-0.4, -0.2) is 35.1 Å². The molecule has 1 heterocycles. The molecular formula is C13H16Cl2N2O2. The lowest BCUT2D eigenvalue weighted by atomic mass is 10.0. The molecule has 1 saturated heterocycles. The van der Waals surface area contributed by atoms with E-state index in [4.69, 9.17) is 28.9 Å². The molecule has 104 valence electrons. The molecule has 1 atom stereocenters. The summed E-state index contributed by atoms with van der Waals surface area (Å²) in [5.41, 5.74) is 6.42. The van der Waals surface area contributed by atoms with Gasteiger partial charge in [0.1, 0.15) is 0 Å². The second-order valence-electron chi connectivity index (χ2n) is 4.69. The van der Waals surface area contributed by atoms with Crippen LogP contribution in [0.1, 0.15) is 29.6 Å². The topological polar surface area (TPSA) is 66.6 Å². The van der Waals surface area contributed by atoms with Crippen LogP contribution >= 0.6 is 23.2 Å². The maximum Gasteiger partial charge on any atom is 0.254 e. The fraction of sp³-hybridized carbons (Fsp3) is 0.462. The summed E-state index contributed by atoms with van der Waals surface area (Å²) in [7, 11) is 0. The molecule has 6 heteroatoms. The summed E-state index contributed by atoms with van der Waals surface area (Å²) in [5, 5.41) is 9.87. The first-order valence-corrected chi connectivity index (χ1v) is 6.96. The molecule has 1 unspecified atom stereocenters. The van der Waals surface area contributed by atoms with E-state index in [1.807, 2.05) is 0 Å². The second kappa shape index (κ2) is 5.99. The largest absolute Gasteiger partial charge is 0.397 e. The lowest BCUT2D eigenvalue weighted by Crippen LogP contribution is -2.45. The number of hydrogen-bond acceptors (Lipinski definition) is 3. The molecule has 1 aromatic carbocycles. The van der Waals surface area contributed by atoms with Gasteiger partial charge in [0.05, 0.1) is 28.4 Å². The Kier molecular flexibility index (Phi) is 4.55. The first kappa shape index (κ1) is 14.4. The molecule has 1 aliphatic rings. The van der Waals surface area contributed by atoms with Crippen molar-refractivity contribution < 1.29 is 9.90 Å². The van der Waals surface area contributed by atoms with Gasteiger partial charge in [-0.2, -0.15) is 0 Å². The minimum Gasteiger partial charge on any atom is -0.397 e. The van der Waals surface area contributed by atoms with E-state index in [1.165, 1.54) is 12.1 Å². The zero-order valence-corrected chi connectivity index (χ0v) is 11.9. The maximum atomic E-state index is 12.4. The Morgan fingerprint density at radius 1 is 1.42 bits per heavy atom. The number of benzene rings is 1. The number of carbonyl (C=O) groups is 1. The summed E-state index contributed by atoms with van der Waals surface area (Å²) in [6, 6.07) is 2.92. The molecule has 0 radical (unpaired) electrons. The zero-order valence-electron chi connectivity index (χ0n) is 10.4. The molecule has 1 fully saturated rings. The molecule has 1 aromatic rings. The van der Waals surface area contributed by atoms with Gasteiger partial charge < -0.3 is 15.7 Å². The SMILES string of the molecule is Nc1cc(C(=O)N2CCCCC2CO)cc(Cl)c1Cl. The van der Waals surface area contributed by atoms with Crippen molar-refractivity contribution in [1.82, 2.24) is 4.90 Å². The lowest BCUT2D eigenvalue weighted by molar-refractivity contribution is 0.0503. The van der Waals surface area contributed by atoms with Gasteiger partial charge in [0.2, 0.25) is 0 Å². The maximum absolute atomic E-state index is 12.4. The second-order valence-corrected chi connectivity index (χ2v) is 5.48. The Balaban J connectivity index is 2.28. The lowest BCUT2D eigenvalue weighted by Gasteiger charge is -2.34. The predicted molar refractivity (Wildman–Crippen MR) is 76.6 cm³/mol.